The summed E-state index contributed by atoms with van der Waals surface area (Å²) in [5.41, 5.74) is 0. The normalized spacial score (nSPS) is 11.3. The van der Waals surface area contributed by atoms with Gasteiger partial charge in [0.2, 0.25) is 10.0 Å². The summed E-state index contributed by atoms with van der Waals surface area (Å²) < 4.78 is 87.9. The number of carboxylic acid groups (broad SMARTS) is 2. The number of sulfonamides is 1. The standard InChI is InChI=1S/C7H9NO2S.2C2HF3O2/c1-8-11(9,10)7-5-3-2-4-6-7;2*3-2(4,5)1(6)7/h2-6,8H,1H3;2*(H,6,7). The highest BCUT2D eigenvalue weighted by Crippen LogP contribution is 2.13. The number of carboxylic acids is 2. The smallest absolute Gasteiger partial charge is 0.475 e. The molecule has 7 nitrogen and oxygen atoms in total. The van der Waals surface area contributed by atoms with Crippen molar-refractivity contribution in [3.05, 3.63) is 30.3 Å². The van der Waals surface area contributed by atoms with E-state index < -0.39 is 34.3 Å². The lowest BCUT2D eigenvalue weighted by molar-refractivity contribution is -0.193. The Morgan fingerprint density at radius 3 is 1.36 bits per heavy atom. The molecular formula is C11H11F6NO6S. The van der Waals surface area contributed by atoms with Gasteiger partial charge in [0.05, 0.1) is 4.90 Å². The fourth-order valence-electron chi connectivity index (χ4n) is 0.717. The van der Waals surface area contributed by atoms with Crippen molar-refractivity contribution < 1.29 is 54.6 Å². The summed E-state index contributed by atoms with van der Waals surface area (Å²) in [6.07, 6.45) is -10.2. The Morgan fingerprint density at radius 1 is 0.880 bits per heavy atom. The van der Waals surface area contributed by atoms with Gasteiger partial charge < -0.3 is 10.2 Å². The average Bonchev–Trinajstić information content (AvgIpc) is 2.47. The molecule has 0 aliphatic rings. The first-order valence-electron chi connectivity index (χ1n) is 5.64. The Hall–Kier alpha value is -2.35. The van der Waals surface area contributed by atoms with Crippen LogP contribution < -0.4 is 4.72 Å². The Morgan fingerprint density at radius 2 is 1.16 bits per heavy atom. The Labute approximate surface area is 136 Å². The summed E-state index contributed by atoms with van der Waals surface area (Å²) in [7, 11) is -1.86. The highest BCUT2D eigenvalue weighted by molar-refractivity contribution is 7.89. The lowest BCUT2D eigenvalue weighted by Crippen LogP contribution is -2.21. The van der Waals surface area contributed by atoms with E-state index in [9.17, 15) is 34.8 Å². The second kappa shape index (κ2) is 9.83. The minimum atomic E-state index is -5.08. The van der Waals surface area contributed by atoms with Crippen molar-refractivity contribution in [2.45, 2.75) is 17.2 Å². The molecule has 14 heteroatoms. The van der Waals surface area contributed by atoms with E-state index in [2.05, 4.69) is 4.72 Å². The Balaban J connectivity index is 0. The lowest BCUT2D eigenvalue weighted by atomic mass is 10.4. The molecule has 0 heterocycles. The van der Waals surface area contributed by atoms with E-state index in [0.717, 1.165) is 0 Å². The molecule has 0 saturated heterocycles. The van der Waals surface area contributed by atoms with E-state index in [1.165, 1.54) is 7.05 Å². The fourth-order valence-corrected chi connectivity index (χ4v) is 1.47. The summed E-state index contributed by atoms with van der Waals surface area (Å²) in [6.45, 7) is 0. The number of benzene rings is 1. The third kappa shape index (κ3) is 11.8. The summed E-state index contributed by atoms with van der Waals surface area (Å²) in [5, 5.41) is 14.2. The first-order chi connectivity index (χ1) is 11.1. The molecule has 0 amide bonds. The number of rotatable bonds is 2. The first-order valence-corrected chi connectivity index (χ1v) is 7.12. The van der Waals surface area contributed by atoms with Gasteiger partial charge in [-0.15, -0.1) is 0 Å². The molecule has 0 atom stereocenters. The van der Waals surface area contributed by atoms with Crippen LogP contribution in [0.3, 0.4) is 0 Å². The van der Waals surface area contributed by atoms with Crippen LogP contribution in [0.1, 0.15) is 0 Å². The zero-order valence-corrected chi connectivity index (χ0v) is 12.9. The highest BCUT2D eigenvalue weighted by atomic mass is 32.2. The Bertz CT molecular complexity index is 632. The monoisotopic (exact) mass is 399 g/mol. The van der Waals surface area contributed by atoms with E-state index in [1.54, 1.807) is 30.3 Å². The number of hydrogen-bond acceptors (Lipinski definition) is 4. The van der Waals surface area contributed by atoms with Crippen LogP contribution in [0.25, 0.3) is 0 Å². The van der Waals surface area contributed by atoms with Crippen LogP contribution >= 0.6 is 0 Å². The number of carbonyl (C=O) groups is 2. The molecule has 0 aromatic heterocycles. The van der Waals surface area contributed by atoms with Gasteiger partial charge in [-0.2, -0.15) is 26.3 Å². The van der Waals surface area contributed by atoms with Gasteiger partial charge in [0.25, 0.3) is 0 Å². The van der Waals surface area contributed by atoms with Crippen LogP contribution in [0, 0.1) is 0 Å². The molecule has 1 aromatic rings. The summed E-state index contributed by atoms with van der Waals surface area (Å²) in [4.78, 5) is 18.1. The molecule has 25 heavy (non-hydrogen) atoms. The lowest BCUT2D eigenvalue weighted by Gasteiger charge is -1.99. The van der Waals surface area contributed by atoms with Gasteiger partial charge in [0.1, 0.15) is 0 Å². The maximum atomic E-state index is 11.1. The average molecular weight is 399 g/mol. The minimum Gasteiger partial charge on any atom is -0.475 e. The number of aliphatic carboxylic acids is 2. The minimum absolute atomic E-state index is 0.294. The molecule has 0 spiro atoms. The molecular weight excluding hydrogens is 388 g/mol. The van der Waals surface area contributed by atoms with Crippen molar-refractivity contribution in [2.75, 3.05) is 7.05 Å². The summed E-state index contributed by atoms with van der Waals surface area (Å²) in [5.74, 6) is -5.51. The second-order valence-corrected chi connectivity index (χ2v) is 5.51. The molecule has 0 aliphatic heterocycles. The van der Waals surface area contributed by atoms with Crippen molar-refractivity contribution in [3.63, 3.8) is 0 Å². The third-order valence-electron chi connectivity index (χ3n) is 1.81. The predicted octanol–water partition coefficient (Wildman–Crippen LogP) is 1.86. The Kier molecular flexibility index (Phi) is 9.79. The van der Waals surface area contributed by atoms with Gasteiger partial charge in [0, 0.05) is 0 Å². The first kappa shape index (κ1) is 24.9. The molecule has 144 valence electrons. The fraction of sp³-hybridized carbons (Fsp3) is 0.273. The van der Waals surface area contributed by atoms with Gasteiger partial charge in [-0.05, 0) is 19.2 Å². The molecule has 0 radical (unpaired) electrons. The van der Waals surface area contributed by atoms with Crippen LogP contribution in [0.2, 0.25) is 0 Å². The summed E-state index contributed by atoms with van der Waals surface area (Å²) in [6, 6.07) is 8.24. The van der Waals surface area contributed by atoms with Gasteiger partial charge >= 0.3 is 24.3 Å². The van der Waals surface area contributed by atoms with Crippen LogP contribution in [0.15, 0.2) is 35.2 Å². The van der Waals surface area contributed by atoms with E-state index in [-0.39, 0.29) is 0 Å². The quantitative estimate of drug-likeness (QED) is 0.653. The maximum Gasteiger partial charge on any atom is 0.490 e. The predicted molar refractivity (Wildman–Crippen MR) is 70.1 cm³/mol. The van der Waals surface area contributed by atoms with Crippen LogP contribution in [0.4, 0.5) is 26.3 Å². The number of hydrogen-bond donors (Lipinski definition) is 3. The van der Waals surface area contributed by atoms with Crippen molar-refractivity contribution in [2.24, 2.45) is 0 Å². The second-order valence-electron chi connectivity index (χ2n) is 3.63. The van der Waals surface area contributed by atoms with Crippen LogP contribution in [-0.2, 0) is 19.6 Å². The van der Waals surface area contributed by atoms with E-state index >= 15 is 0 Å². The zero-order valence-electron chi connectivity index (χ0n) is 12.1. The number of halogens is 6. The number of alkyl halides is 6. The SMILES string of the molecule is CNS(=O)(=O)c1ccccc1.O=C(O)C(F)(F)F.O=C(O)C(F)(F)F. The molecule has 0 fully saturated rings. The van der Waals surface area contributed by atoms with Crippen LogP contribution in [0.5, 0.6) is 0 Å². The molecule has 0 saturated carbocycles. The number of nitrogens with one attached hydrogen (secondary N) is 1. The van der Waals surface area contributed by atoms with Gasteiger partial charge in [-0.1, -0.05) is 18.2 Å². The molecule has 0 unspecified atom stereocenters. The van der Waals surface area contributed by atoms with Gasteiger partial charge in [-0.3, -0.25) is 0 Å². The third-order valence-corrected chi connectivity index (χ3v) is 3.24. The van der Waals surface area contributed by atoms with E-state index in [0.29, 0.717) is 4.90 Å². The molecule has 3 N–H and O–H groups in total. The van der Waals surface area contributed by atoms with E-state index in [1.807, 2.05) is 0 Å². The molecule has 1 rings (SSSR count). The van der Waals surface area contributed by atoms with Gasteiger partial charge in [-0.25, -0.2) is 22.7 Å². The zero-order chi connectivity index (χ0) is 20.5. The largest absolute Gasteiger partial charge is 0.490 e. The van der Waals surface area contributed by atoms with Gasteiger partial charge in [0.15, 0.2) is 0 Å². The molecule has 0 aliphatic carbocycles. The van der Waals surface area contributed by atoms with Crippen molar-refractivity contribution >= 4 is 22.0 Å². The highest BCUT2D eigenvalue weighted by Gasteiger charge is 2.38. The maximum absolute atomic E-state index is 11.1. The topological polar surface area (TPSA) is 121 Å². The van der Waals surface area contributed by atoms with Crippen molar-refractivity contribution in [1.29, 1.82) is 0 Å². The van der Waals surface area contributed by atoms with Crippen molar-refractivity contribution in [3.8, 4) is 0 Å². The van der Waals surface area contributed by atoms with Crippen LogP contribution in [-0.4, -0.2) is 50.0 Å². The molecule has 1 aromatic carbocycles. The summed E-state index contributed by atoms with van der Waals surface area (Å²) >= 11 is 0. The van der Waals surface area contributed by atoms with E-state index in [4.69, 9.17) is 19.8 Å². The molecule has 0 bridgehead atoms. The van der Waals surface area contributed by atoms with Crippen molar-refractivity contribution in [1.82, 2.24) is 4.72 Å².